The normalized spacial score (nSPS) is 27.0. The fourth-order valence-corrected chi connectivity index (χ4v) is 4.41. The predicted molar refractivity (Wildman–Crippen MR) is 125 cm³/mol. The highest BCUT2D eigenvalue weighted by atomic mass is 16.5. The van der Waals surface area contributed by atoms with Crippen molar-refractivity contribution >= 4 is 5.78 Å². The highest BCUT2D eigenvalue weighted by molar-refractivity contribution is 6.09. The van der Waals surface area contributed by atoms with E-state index in [1.54, 1.807) is 6.08 Å². The van der Waals surface area contributed by atoms with Gasteiger partial charge >= 0.3 is 0 Å². The van der Waals surface area contributed by atoms with Gasteiger partial charge in [-0.3, -0.25) is 9.69 Å². The van der Waals surface area contributed by atoms with Crippen LogP contribution in [-0.4, -0.2) is 48.3 Å². The summed E-state index contributed by atoms with van der Waals surface area (Å²) >= 11 is 0. The van der Waals surface area contributed by atoms with E-state index in [1.807, 2.05) is 48.6 Å². The molecule has 4 heteroatoms. The Morgan fingerprint density at radius 3 is 2.52 bits per heavy atom. The molecule has 0 aromatic heterocycles. The molecule has 0 radical (unpaired) electrons. The molecule has 4 rings (SSSR count). The maximum atomic E-state index is 13.1. The molecule has 0 N–H and O–H groups in total. The second-order valence-electron chi connectivity index (χ2n) is 8.50. The Labute approximate surface area is 185 Å². The fourth-order valence-electron chi connectivity index (χ4n) is 4.41. The van der Waals surface area contributed by atoms with Gasteiger partial charge < -0.3 is 9.64 Å². The van der Waals surface area contributed by atoms with Crippen LogP contribution in [0.5, 0.6) is 0 Å². The van der Waals surface area contributed by atoms with Crippen LogP contribution in [0.25, 0.3) is 0 Å². The number of allylic oxidation sites excluding steroid dienone is 7. The first-order valence-corrected chi connectivity index (χ1v) is 11.3. The Morgan fingerprint density at radius 1 is 1.00 bits per heavy atom. The summed E-state index contributed by atoms with van der Waals surface area (Å²) in [4.78, 5) is 17.9. The summed E-state index contributed by atoms with van der Waals surface area (Å²) in [6, 6.07) is 9.97. The van der Waals surface area contributed by atoms with Crippen molar-refractivity contribution in [3.63, 3.8) is 0 Å². The van der Waals surface area contributed by atoms with E-state index in [9.17, 15) is 4.79 Å². The standard InChI is InChI=1S/C27H32N2O2/c1-22-10-8-9-15-25(27(26(22)30)31-21-24-13-6-3-7-14-24)29-18-16-28(17-19-29)20-23-11-4-2-5-12-23/h2-4,6-10,13-15,23H,1,5,11-12,16-21H2/b10-8+,15-9+,27-25-. The quantitative estimate of drug-likeness (QED) is 0.500. The van der Waals surface area contributed by atoms with Crippen LogP contribution >= 0.6 is 0 Å². The predicted octanol–water partition coefficient (Wildman–Crippen LogP) is 4.64. The monoisotopic (exact) mass is 416 g/mol. The second-order valence-corrected chi connectivity index (χ2v) is 8.50. The number of Topliss-reactive ketones (excluding diaryl/α,β-unsaturated/α-hetero) is 1. The second kappa shape index (κ2) is 10.5. The van der Waals surface area contributed by atoms with Crippen molar-refractivity contribution in [3.8, 4) is 0 Å². The summed E-state index contributed by atoms with van der Waals surface area (Å²) in [7, 11) is 0. The lowest BCUT2D eigenvalue weighted by molar-refractivity contribution is -0.115. The van der Waals surface area contributed by atoms with Crippen LogP contribution in [0.1, 0.15) is 24.8 Å². The zero-order valence-electron chi connectivity index (χ0n) is 18.2. The third-order valence-corrected chi connectivity index (χ3v) is 6.23. The van der Waals surface area contributed by atoms with Gasteiger partial charge in [-0.2, -0.15) is 0 Å². The summed E-state index contributed by atoms with van der Waals surface area (Å²) in [6.45, 7) is 9.28. The van der Waals surface area contributed by atoms with Crippen molar-refractivity contribution in [3.05, 3.63) is 96.0 Å². The third kappa shape index (κ3) is 5.65. The molecule has 0 spiro atoms. The van der Waals surface area contributed by atoms with E-state index >= 15 is 0 Å². The van der Waals surface area contributed by atoms with E-state index in [-0.39, 0.29) is 5.78 Å². The lowest BCUT2D eigenvalue weighted by Crippen LogP contribution is -2.47. The van der Waals surface area contributed by atoms with Gasteiger partial charge in [0.25, 0.3) is 0 Å². The van der Waals surface area contributed by atoms with Crippen LogP contribution in [0.3, 0.4) is 0 Å². The molecule has 31 heavy (non-hydrogen) atoms. The Hall–Kier alpha value is -2.85. The fraction of sp³-hybridized carbons (Fsp3) is 0.370. The van der Waals surface area contributed by atoms with Gasteiger partial charge in [-0.1, -0.05) is 67.3 Å². The number of hydrogen-bond donors (Lipinski definition) is 0. The van der Waals surface area contributed by atoms with Gasteiger partial charge in [-0.25, -0.2) is 0 Å². The molecule has 0 amide bonds. The SMILES string of the molecule is C=C1/C=C/C=C/C(N2CCN(CC3CC=CCC3)CC2)=C(/OCc2ccccc2)C1=O. The minimum absolute atomic E-state index is 0.136. The Kier molecular flexibility index (Phi) is 7.21. The van der Waals surface area contributed by atoms with Crippen molar-refractivity contribution in [2.45, 2.75) is 25.9 Å². The molecule has 162 valence electrons. The molecule has 1 saturated heterocycles. The lowest BCUT2D eigenvalue weighted by Gasteiger charge is -2.38. The zero-order chi connectivity index (χ0) is 21.5. The van der Waals surface area contributed by atoms with Gasteiger partial charge in [-0.15, -0.1) is 0 Å². The van der Waals surface area contributed by atoms with E-state index in [4.69, 9.17) is 4.74 Å². The molecule has 0 saturated carbocycles. The van der Waals surface area contributed by atoms with Crippen LogP contribution in [0, 0.1) is 5.92 Å². The van der Waals surface area contributed by atoms with Crippen molar-refractivity contribution in [1.82, 2.24) is 9.80 Å². The minimum atomic E-state index is -0.136. The molecular formula is C27H32N2O2. The van der Waals surface area contributed by atoms with Gasteiger partial charge in [-0.05, 0) is 36.8 Å². The van der Waals surface area contributed by atoms with Crippen LogP contribution in [0.15, 0.2) is 90.4 Å². The van der Waals surface area contributed by atoms with Gasteiger partial charge in [0.15, 0.2) is 5.76 Å². The first-order valence-electron chi connectivity index (χ1n) is 11.3. The van der Waals surface area contributed by atoms with Gasteiger partial charge in [0.05, 0.1) is 5.70 Å². The highest BCUT2D eigenvalue weighted by Gasteiger charge is 2.26. The first kappa shape index (κ1) is 21.4. The van der Waals surface area contributed by atoms with Crippen LogP contribution < -0.4 is 0 Å². The number of piperazine rings is 1. The molecule has 4 nitrogen and oxygen atoms in total. The van der Waals surface area contributed by atoms with Crippen molar-refractivity contribution in [2.24, 2.45) is 5.92 Å². The largest absolute Gasteiger partial charge is 0.483 e. The number of ketones is 1. The molecule has 1 aromatic rings. The van der Waals surface area contributed by atoms with Crippen LogP contribution in [0.2, 0.25) is 0 Å². The Morgan fingerprint density at radius 2 is 1.77 bits per heavy atom. The third-order valence-electron chi connectivity index (χ3n) is 6.23. The number of nitrogens with zero attached hydrogens (tertiary/aromatic N) is 2. The smallest absolute Gasteiger partial charge is 0.229 e. The van der Waals surface area contributed by atoms with Gasteiger partial charge in [0, 0.05) is 38.3 Å². The van der Waals surface area contributed by atoms with E-state index in [2.05, 4.69) is 28.5 Å². The number of benzene rings is 1. The molecular weight excluding hydrogens is 384 g/mol. The molecule has 3 aliphatic rings. The number of ether oxygens (including phenoxy) is 1. The van der Waals surface area contributed by atoms with E-state index < -0.39 is 0 Å². The van der Waals surface area contributed by atoms with Crippen LogP contribution in [-0.2, 0) is 16.1 Å². The number of rotatable bonds is 6. The summed E-state index contributed by atoms with van der Waals surface area (Å²) in [6.07, 6.45) is 15.9. The van der Waals surface area contributed by atoms with Crippen LogP contribution in [0.4, 0.5) is 0 Å². The molecule has 1 heterocycles. The molecule has 1 unspecified atom stereocenters. The van der Waals surface area contributed by atoms with Crippen molar-refractivity contribution < 1.29 is 9.53 Å². The number of hydrogen-bond acceptors (Lipinski definition) is 4. The molecule has 1 aliphatic heterocycles. The first-order chi connectivity index (χ1) is 15.2. The Bertz CT molecular complexity index is 902. The van der Waals surface area contributed by atoms with E-state index in [0.29, 0.717) is 17.9 Å². The summed E-state index contributed by atoms with van der Waals surface area (Å²) < 4.78 is 6.12. The average Bonchev–Trinajstić information content (AvgIpc) is 2.81. The lowest BCUT2D eigenvalue weighted by atomic mass is 9.94. The van der Waals surface area contributed by atoms with Gasteiger partial charge in [0.2, 0.25) is 5.78 Å². The average molecular weight is 417 g/mol. The molecule has 2 aliphatic carbocycles. The molecule has 1 fully saturated rings. The Balaban J connectivity index is 1.47. The zero-order valence-corrected chi connectivity index (χ0v) is 18.2. The number of carbonyl (C=O) groups is 1. The van der Waals surface area contributed by atoms with Gasteiger partial charge in [0.1, 0.15) is 6.61 Å². The highest BCUT2D eigenvalue weighted by Crippen LogP contribution is 2.24. The molecule has 1 aromatic carbocycles. The maximum absolute atomic E-state index is 13.1. The van der Waals surface area contributed by atoms with Crippen molar-refractivity contribution in [2.75, 3.05) is 32.7 Å². The number of carbonyl (C=O) groups excluding carboxylic acids is 1. The maximum Gasteiger partial charge on any atom is 0.229 e. The van der Waals surface area contributed by atoms with E-state index in [1.165, 1.54) is 25.8 Å². The minimum Gasteiger partial charge on any atom is -0.483 e. The summed E-state index contributed by atoms with van der Waals surface area (Å²) in [5.41, 5.74) is 2.36. The summed E-state index contributed by atoms with van der Waals surface area (Å²) in [5.74, 6) is 1.04. The van der Waals surface area contributed by atoms with E-state index in [0.717, 1.165) is 43.4 Å². The summed E-state index contributed by atoms with van der Waals surface area (Å²) in [5, 5.41) is 0. The molecule has 1 atom stereocenters. The topological polar surface area (TPSA) is 32.8 Å². The van der Waals surface area contributed by atoms with Crippen molar-refractivity contribution in [1.29, 1.82) is 0 Å². The molecule has 0 bridgehead atoms.